The van der Waals surface area contributed by atoms with Gasteiger partial charge in [-0.3, -0.25) is 9.59 Å². The average Bonchev–Trinajstić information content (AvgIpc) is 3.07. The van der Waals surface area contributed by atoms with Gasteiger partial charge in [-0.1, -0.05) is 29.0 Å². The molecule has 0 N–H and O–H groups in total. The van der Waals surface area contributed by atoms with Crippen LogP contribution in [0.1, 0.15) is 11.1 Å². The van der Waals surface area contributed by atoms with Crippen LogP contribution in [0.15, 0.2) is 52.8 Å². The maximum atomic E-state index is 13.0. The molecule has 0 spiro atoms. The second kappa shape index (κ2) is 5.67. The maximum Gasteiger partial charge on any atom is 0.263 e. The van der Waals surface area contributed by atoms with Gasteiger partial charge in [-0.05, 0) is 55.3 Å². The van der Waals surface area contributed by atoms with Gasteiger partial charge in [0.15, 0.2) is 12.1 Å². The van der Waals surface area contributed by atoms with Gasteiger partial charge in [0, 0.05) is 5.02 Å². The van der Waals surface area contributed by atoms with Crippen LogP contribution in [0, 0.1) is 13.8 Å². The van der Waals surface area contributed by atoms with E-state index in [4.69, 9.17) is 11.6 Å². The van der Waals surface area contributed by atoms with Gasteiger partial charge in [-0.15, -0.1) is 0 Å². The first-order valence-corrected chi connectivity index (χ1v) is 8.25. The number of aryl methyl sites for hydroxylation is 2. The van der Waals surface area contributed by atoms with Crippen LogP contribution < -0.4 is 9.91 Å². The minimum Gasteiger partial charge on any atom is -0.271 e. The van der Waals surface area contributed by atoms with Gasteiger partial charge in [0.2, 0.25) is 0 Å². The molecular weight excluding hydrogens is 340 g/mol. The largest absolute Gasteiger partial charge is 0.271 e. The molecule has 6 nitrogen and oxygen atoms in total. The van der Waals surface area contributed by atoms with Gasteiger partial charge in [-0.25, -0.2) is 9.91 Å². The number of amides is 2. The predicted molar refractivity (Wildman–Crippen MR) is 94.8 cm³/mol. The first-order chi connectivity index (χ1) is 12.0. The van der Waals surface area contributed by atoms with Crippen molar-refractivity contribution in [2.45, 2.75) is 25.9 Å². The van der Waals surface area contributed by atoms with E-state index in [2.05, 4.69) is 10.3 Å². The number of hydrogen-bond acceptors (Lipinski definition) is 5. The molecule has 25 heavy (non-hydrogen) atoms. The highest BCUT2D eigenvalue weighted by Crippen LogP contribution is 2.35. The molecule has 2 aromatic carbocycles. The summed E-state index contributed by atoms with van der Waals surface area (Å²) in [7, 11) is 0. The molecule has 0 unspecified atom stereocenters. The van der Waals surface area contributed by atoms with E-state index < -0.39 is 12.1 Å². The fraction of sp³-hybridized carbons (Fsp3) is 0.222. The first-order valence-electron chi connectivity index (χ1n) is 7.87. The monoisotopic (exact) mass is 354 g/mol. The molecule has 0 radical (unpaired) electrons. The molecule has 0 saturated carbocycles. The van der Waals surface area contributed by atoms with Crippen LogP contribution >= 0.6 is 11.6 Å². The fourth-order valence-corrected chi connectivity index (χ4v) is 3.51. The number of fused-ring (bicyclic) bond motifs is 1. The van der Waals surface area contributed by atoms with Crippen molar-refractivity contribution in [2.75, 3.05) is 9.91 Å². The average molecular weight is 355 g/mol. The summed E-state index contributed by atoms with van der Waals surface area (Å²) in [5, 5.41) is 10.1. The van der Waals surface area contributed by atoms with E-state index in [1.165, 1.54) is 9.91 Å². The van der Waals surface area contributed by atoms with Crippen LogP contribution in [-0.4, -0.2) is 23.9 Å². The zero-order valence-corrected chi connectivity index (χ0v) is 14.4. The number of carbonyl (C=O) groups is 2. The lowest BCUT2D eigenvalue weighted by atomic mass is 10.1. The zero-order chi connectivity index (χ0) is 17.7. The number of halogens is 1. The second-order valence-corrected chi connectivity index (χ2v) is 6.71. The van der Waals surface area contributed by atoms with Crippen LogP contribution in [0.25, 0.3) is 0 Å². The van der Waals surface area contributed by atoms with Crippen molar-refractivity contribution >= 4 is 34.8 Å². The molecular formula is C18H15ClN4O2. The summed E-state index contributed by atoms with van der Waals surface area (Å²) in [6.45, 7) is 3.86. The summed E-state index contributed by atoms with van der Waals surface area (Å²) >= 11 is 6.03. The van der Waals surface area contributed by atoms with Crippen LogP contribution in [0.3, 0.4) is 0 Å². The summed E-state index contributed by atoms with van der Waals surface area (Å²) in [6.07, 6.45) is 0. The van der Waals surface area contributed by atoms with Gasteiger partial charge >= 0.3 is 0 Å². The number of nitrogens with zero attached hydrogens (tertiary/aromatic N) is 4. The Bertz CT molecular complexity index is 907. The van der Waals surface area contributed by atoms with E-state index in [9.17, 15) is 9.59 Å². The fourth-order valence-electron chi connectivity index (χ4n) is 3.33. The Balaban J connectivity index is 1.73. The quantitative estimate of drug-likeness (QED) is 0.776. The first kappa shape index (κ1) is 15.8. The lowest BCUT2D eigenvalue weighted by Crippen LogP contribution is -2.39. The predicted octanol–water partition coefficient (Wildman–Crippen LogP) is 3.45. The summed E-state index contributed by atoms with van der Waals surface area (Å²) in [6, 6.07) is 11.0. The van der Waals surface area contributed by atoms with Crippen LogP contribution in [0.2, 0.25) is 5.02 Å². The normalized spacial score (nSPS) is 22.0. The molecule has 2 aromatic rings. The van der Waals surface area contributed by atoms with Crippen molar-refractivity contribution in [1.82, 2.24) is 0 Å². The maximum absolute atomic E-state index is 13.0. The van der Waals surface area contributed by atoms with E-state index in [1.54, 1.807) is 24.3 Å². The molecule has 2 amide bonds. The second-order valence-electron chi connectivity index (χ2n) is 6.28. The lowest BCUT2D eigenvalue weighted by molar-refractivity contribution is -0.121. The topological polar surface area (TPSA) is 65.3 Å². The minimum absolute atomic E-state index is 0.329. The summed E-state index contributed by atoms with van der Waals surface area (Å²) in [5.41, 5.74) is 3.18. The molecule has 126 valence electrons. The highest BCUT2D eigenvalue weighted by atomic mass is 35.5. The molecule has 0 bridgehead atoms. The van der Waals surface area contributed by atoms with Crippen LogP contribution in [0.5, 0.6) is 0 Å². The molecule has 2 aliphatic rings. The van der Waals surface area contributed by atoms with Crippen molar-refractivity contribution in [2.24, 2.45) is 10.3 Å². The number of rotatable bonds is 2. The standard InChI is InChI=1S/C18H15ClN4O2/c1-10-6-11(2)8-14(7-10)22-17(24)15-16(18(22)25)23(21-20-15)13-5-3-4-12(19)9-13/h3-9,15-16H,1-2H3/t15-,16+/m1/s1. The molecule has 4 rings (SSSR count). The number of benzene rings is 2. The Kier molecular flexibility index (Phi) is 3.58. The molecule has 1 saturated heterocycles. The third-order valence-electron chi connectivity index (χ3n) is 4.32. The smallest absolute Gasteiger partial charge is 0.263 e. The van der Waals surface area contributed by atoms with Crippen molar-refractivity contribution in [3.63, 3.8) is 0 Å². The Hall–Kier alpha value is -2.73. The van der Waals surface area contributed by atoms with E-state index in [-0.39, 0.29) is 11.8 Å². The van der Waals surface area contributed by atoms with Crippen LogP contribution in [0.4, 0.5) is 11.4 Å². The molecule has 7 heteroatoms. The number of imide groups is 1. The Morgan fingerprint density at radius 1 is 0.960 bits per heavy atom. The minimum atomic E-state index is -0.827. The molecule has 2 aliphatic heterocycles. The summed E-state index contributed by atoms with van der Waals surface area (Å²) in [5.74, 6) is -0.682. The van der Waals surface area contributed by atoms with Crippen LogP contribution in [-0.2, 0) is 9.59 Å². The number of carbonyl (C=O) groups excluding carboxylic acids is 2. The highest BCUT2D eigenvalue weighted by Gasteiger charge is 2.55. The third kappa shape index (κ3) is 2.49. The van der Waals surface area contributed by atoms with E-state index >= 15 is 0 Å². The molecule has 0 aliphatic carbocycles. The summed E-state index contributed by atoms with van der Waals surface area (Å²) in [4.78, 5) is 27.0. The van der Waals surface area contributed by atoms with Gasteiger partial charge in [-0.2, -0.15) is 5.11 Å². The molecule has 2 heterocycles. The molecule has 2 atom stereocenters. The van der Waals surface area contributed by atoms with Gasteiger partial charge in [0.1, 0.15) is 0 Å². The molecule has 0 aromatic heterocycles. The van der Waals surface area contributed by atoms with Crippen molar-refractivity contribution in [1.29, 1.82) is 0 Å². The molecule has 1 fully saturated rings. The van der Waals surface area contributed by atoms with Crippen molar-refractivity contribution < 1.29 is 9.59 Å². The third-order valence-corrected chi connectivity index (χ3v) is 4.55. The SMILES string of the molecule is Cc1cc(C)cc(N2C(=O)[C@@H]3[C@@H](N=NN3c3cccc(Cl)c3)C2=O)c1. The zero-order valence-electron chi connectivity index (χ0n) is 13.7. The van der Waals surface area contributed by atoms with Crippen molar-refractivity contribution in [3.05, 3.63) is 58.6 Å². The van der Waals surface area contributed by atoms with Gasteiger partial charge in [0.25, 0.3) is 11.8 Å². The Morgan fingerprint density at radius 3 is 2.36 bits per heavy atom. The summed E-state index contributed by atoms with van der Waals surface area (Å²) < 4.78 is 0. The van der Waals surface area contributed by atoms with Gasteiger partial charge < -0.3 is 0 Å². The van der Waals surface area contributed by atoms with E-state index in [1.807, 2.05) is 32.0 Å². The number of anilines is 2. The number of hydrogen-bond donors (Lipinski definition) is 0. The van der Waals surface area contributed by atoms with Gasteiger partial charge in [0.05, 0.1) is 11.4 Å². The van der Waals surface area contributed by atoms with E-state index in [0.29, 0.717) is 16.4 Å². The Morgan fingerprint density at radius 2 is 1.68 bits per heavy atom. The van der Waals surface area contributed by atoms with E-state index in [0.717, 1.165) is 11.1 Å². The Labute approximate surface area is 149 Å². The highest BCUT2D eigenvalue weighted by molar-refractivity contribution is 6.31. The van der Waals surface area contributed by atoms with Crippen molar-refractivity contribution in [3.8, 4) is 0 Å². The lowest BCUT2D eigenvalue weighted by Gasteiger charge is -2.21.